The molecule has 2 aromatic rings. The highest BCUT2D eigenvalue weighted by molar-refractivity contribution is 5.89. The lowest BCUT2D eigenvalue weighted by Gasteiger charge is -2.24. The molecule has 2 aromatic carbocycles. The average Bonchev–Trinajstić information content (AvgIpc) is 2.80. The molecule has 2 rings (SSSR count). The molecule has 0 aromatic heterocycles. The zero-order valence-electron chi connectivity index (χ0n) is 19.6. The van der Waals surface area contributed by atoms with E-state index < -0.39 is 42.3 Å². The number of methoxy groups -OCH3 is 1. The minimum Gasteiger partial charge on any atom is -0.467 e. The number of aliphatic hydroxyl groups excluding tert-OH is 1. The highest BCUT2D eigenvalue weighted by atomic mass is 16.6. The van der Waals surface area contributed by atoms with Crippen LogP contribution in [-0.4, -0.2) is 54.5 Å². The van der Waals surface area contributed by atoms with E-state index in [1.54, 1.807) is 45.0 Å². The van der Waals surface area contributed by atoms with E-state index >= 15 is 0 Å². The molecular formula is C24H30N4O6. The predicted molar refractivity (Wildman–Crippen MR) is 125 cm³/mol. The first-order valence-electron chi connectivity index (χ1n) is 10.7. The van der Waals surface area contributed by atoms with Crippen molar-refractivity contribution >= 4 is 29.3 Å². The van der Waals surface area contributed by atoms with Crippen molar-refractivity contribution in [3.63, 3.8) is 0 Å². The fourth-order valence-electron chi connectivity index (χ4n) is 2.80. The summed E-state index contributed by atoms with van der Waals surface area (Å²) in [6.07, 6.45) is -0.740. The largest absolute Gasteiger partial charge is 0.467 e. The Hall–Kier alpha value is -3.79. The van der Waals surface area contributed by atoms with E-state index in [1.165, 1.54) is 7.11 Å². The van der Waals surface area contributed by atoms with Gasteiger partial charge in [-0.05, 0) is 50.6 Å². The molecule has 0 fully saturated rings. The second-order valence-electron chi connectivity index (χ2n) is 8.37. The van der Waals surface area contributed by atoms with Crippen molar-refractivity contribution in [3.8, 4) is 0 Å². The lowest BCUT2D eigenvalue weighted by atomic mass is 10.0. The van der Waals surface area contributed by atoms with E-state index in [2.05, 4.69) is 20.9 Å². The Morgan fingerprint density at radius 1 is 0.912 bits per heavy atom. The maximum atomic E-state index is 12.6. The van der Waals surface area contributed by atoms with Gasteiger partial charge in [-0.3, -0.25) is 4.79 Å². The maximum absolute atomic E-state index is 12.6. The molecule has 2 amide bonds. The summed E-state index contributed by atoms with van der Waals surface area (Å²) >= 11 is 0. The Balaban J connectivity index is 2.03. The van der Waals surface area contributed by atoms with Crippen molar-refractivity contribution in [2.45, 2.75) is 44.9 Å². The van der Waals surface area contributed by atoms with E-state index in [0.717, 1.165) is 11.3 Å². The Labute approximate surface area is 198 Å². The topological polar surface area (TPSA) is 139 Å². The molecule has 0 radical (unpaired) electrons. The number of hydrogen-bond acceptors (Lipinski definition) is 8. The lowest BCUT2D eigenvalue weighted by molar-refractivity contribution is -0.145. The molecule has 0 unspecified atom stereocenters. The monoisotopic (exact) mass is 470 g/mol. The fraction of sp³-hybridized carbons (Fsp3) is 0.375. The van der Waals surface area contributed by atoms with Gasteiger partial charge in [-0.1, -0.05) is 30.3 Å². The highest BCUT2D eigenvalue weighted by Crippen LogP contribution is 2.19. The third-order valence-electron chi connectivity index (χ3n) is 4.41. The minimum atomic E-state index is -1.30. The predicted octanol–water partition coefficient (Wildman–Crippen LogP) is 3.19. The van der Waals surface area contributed by atoms with Crippen LogP contribution in [0, 0.1) is 0 Å². The van der Waals surface area contributed by atoms with Crippen LogP contribution in [0.3, 0.4) is 0 Å². The van der Waals surface area contributed by atoms with E-state index in [9.17, 15) is 19.5 Å². The molecular weight excluding hydrogens is 440 g/mol. The summed E-state index contributed by atoms with van der Waals surface area (Å²) in [5, 5.41) is 22.7. The molecule has 0 saturated heterocycles. The summed E-state index contributed by atoms with van der Waals surface area (Å²) < 4.78 is 9.89. The van der Waals surface area contributed by atoms with Crippen molar-refractivity contribution in [1.82, 2.24) is 10.6 Å². The smallest absolute Gasteiger partial charge is 0.408 e. The number of hydrogen-bond donors (Lipinski definition) is 3. The Morgan fingerprint density at radius 3 is 2.03 bits per heavy atom. The number of nitrogens with one attached hydrogen (secondary N) is 2. The standard InChI is InChI=1S/C24H30N4O6/c1-24(2,3)34-23(32)26-20(15-29)21(30)25-19(22(31)33-4)14-16-10-12-18(13-11-16)28-27-17-8-6-5-7-9-17/h5-13,19-20,29H,14-15H2,1-4H3,(H,25,30)(H,26,32)/t19-,20-/m0/s1. The van der Waals surface area contributed by atoms with Gasteiger partial charge in [-0.15, -0.1) is 0 Å². The summed E-state index contributed by atoms with van der Waals surface area (Å²) in [6, 6.07) is 13.9. The van der Waals surface area contributed by atoms with Gasteiger partial charge in [-0.25, -0.2) is 9.59 Å². The van der Waals surface area contributed by atoms with Crippen molar-refractivity contribution < 1.29 is 29.0 Å². The van der Waals surface area contributed by atoms with Gasteiger partial charge >= 0.3 is 12.1 Å². The molecule has 182 valence electrons. The Morgan fingerprint density at radius 2 is 1.50 bits per heavy atom. The third kappa shape index (κ3) is 8.99. The summed E-state index contributed by atoms with van der Waals surface area (Å²) in [5.41, 5.74) is 1.30. The van der Waals surface area contributed by atoms with Crippen molar-refractivity contribution in [2.24, 2.45) is 10.2 Å². The van der Waals surface area contributed by atoms with E-state index in [-0.39, 0.29) is 6.42 Å². The Kier molecular flexibility index (Phi) is 9.69. The van der Waals surface area contributed by atoms with Crippen LogP contribution in [0.5, 0.6) is 0 Å². The first-order chi connectivity index (χ1) is 16.1. The minimum absolute atomic E-state index is 0.124. The normalized spacial score (nSPS) is 13.1. The number of ether oxygens (including phenoxy) is 2. The number of rotatable bonds is 9. The average molecular weight is 471 g/mol. The molecule has 0 heterocycles. The number of aliphatic hydroxyl groups is 1. The van der Waals surface area contributed by atoms with Gasteiger partial charge in [-0.2, -0.15) is 10.2 Å². The van der Waals surface area contributed by atoms with Crippen LogP contribution in [0.2, 0.25) is 0 Å². The molecule has 3 N–H and O–H groups in total. The molecule has 34 heavy (non-hydrogen) atoms. The summed E-state index contributed by atoms with van der Waals surface area (Å²) in [4.78, 5) is 36.8. The van der Waals surface area contributed by atoms with Gasteiger partial charge in [0.2, 0.25) is 5.91 Å². The molecule has 0 aliphatic carbocycles. The van der Waals surface area contributed by atoms with E-state index in [1.807, 2.05) is 30.3 Å². The number of benzene rings is 2. The zero-order chi connectivity index (χ0) is 25.1. The van der Waals surface area contributed by atoms with Crippen LogP contribution >= 0.6 is 0 Å². The van der Waals surface area contributed by atoms with Gasteiger partial charge in [0.05, 0.1) is 25.1 Å². The van der Waals surface area contributed by atoms with Crippen LogP contribution in [0.1, 0.15) is 26.3 Å². The number of carbonyl (C=O) groups excluding carboxylic acids is 3. The van der Waals surface area contributed by atoms with Gasteiger partial charge in [0, 0.05) is 6.42 Å². The van der Waals surface area contributed by atoms with Crippen LogP contribution in [0.15, 0.2) is 64.8 Å². The van der Waals surface area contributed by atoms with E-state index in [4.69, 9.17) is 9.47 Å². The molecule has 0 aliphatic heterocycles. The first kappa shape index (κ1) is 26.5. The lowest BCUT2D eigenvalue weighted by Crippen LogP contribution is -2.54. The summed E-state index contributed by atoms with van der Waals surface area (Å²) in [7, 11) is 1.21. The molecule has 10 nitrogen and oxygen atoms in total. The molecule has 0 aliphatic rings. The van der Waals surface area contributed by atoms with Crippen molar-refractivity contribution in [3.05, 3.63) is 60.2 Å². The van der Waals surface area contributed by atoms with Crippen LogP contribution < -0.4 is 10.6 Å². The van der Waals surface area contributed by atoms with Gasteiger partial charge in [0.1, 0.15) is 17.7 Å². The first-order valence-corrected chi connectivity index (χ1v) is 10.7. The second-order valence-corrected chi connectivity index (χ2v) is 8.37. The molecule has 10 heteroatoms. The second kappa shape index (κ2) is 12.4. The molecule has 0 saturated carbocycles. The molecule has 0 bridgehead atoms. The number of alkyl carbamates (subject to hydrolysis) is 1. The van der Waals surface area contributed by atoms with Gasteiger partial charge in [0.15, 0.2) is 0 Å². The number of carbonyl (C=O) groups is 3. The highest BCUT2D eigenvalue weighted by Gasteiger charge is 2.28. The third-order valence-corrected chi connectivity index (χ3v) is 4.41. The SMILES string of the molecule is COC(=O)[C@H](Cc1ccc(N=Nc2ccccc2)cc1)NC(=O)[C@H](CO)NC(=O)OC(C)(C)C. The van der Waals surface area contributed by atoms with Gasteiger partial charge < -0.3 is 25.2 Å². The molecule has 0 spiro atoms. The number of amides is 2. The number of nitrogens with zero attached hydrogens (tertiary/aromatic N) is 2. The van der Waals surface area contributed by atoms with Crippen molar-refractivity contribution in [1.29, 1.82) is 0 Å². The zero-order valence-corrected chi connectivity index (χ0v) is 19.6. The van der Waals surface area contributed by atoms with Crippen LogP contribution in [0.4, 0.5) is 16.2 Å². The van der Waals surface area contributed by atoms with Gasteiger partial charge in [0.25, 0.3) is 0 Å². The quantitative estimate of drug-likeness (QED) is 0.380. The van der Waals surface area contributed by atoms with Crippen molar-refractivity contribution in [2.75, 3.05) is 13.7 Å². The van der Waals surface area contributed by atoms with E-state index in [0.29, 0.717) is 5.69 Å². The Bertz CT molecular complexity index is 987. The van der Waals surface area contributed by atoms with Crippen LogP contribution in [-0.2, 0) is 25.5 Å². The number of azo groups is 1. The summed E-state index contributed by atoms with van der Waals surface area (Å²) in [6.45, 7) is 4.33. The molecule has 2 atom stereocenters. The number of esters is 1. The fourth-order valence-corrected chi connectivity index (χ4v) is 2.80. The summed E-state index contributed by atoms with van der Waals surface area (Å²) in [5.74, 6) is -1.42. The van der Waals surface area contributed by atoms with Crippen LogP contribution in [0.25, 0.3) is 0 Å². The maximum Gasteiger partial charge on any atom is 0.408 e.